The van der Waals surface area contributed by atoms with Crippen molar-refractivity contribution in [3.05, 3.63) is 46.7 Å². The second-order valence-electron chi connectivity index (χ2n) is 4.40. The summed E-state index contributed by atoms with van der Waals surface area (Å²) in [7, 11) is 1.66. The summed E-state index contributed by atoms with van der Waals surface area (Å²) in [6, 6.07) is 5.36. The number of benzene rings is 1. The molecule has 0 saturated heterocycles. The van der Waals surface area contributed by atoms with Crippen LogP contribution in [0.15, 0.2) is 41.1 Å². The Hall–Kier alpha value is -2.63. The molecule has 0 saturated carbocycles. The van der Waals surface area contributed by atoms with E-state index in [-0.39, 0.29) is 11.5 Å². The Bertz CT molecular complexity index is 761. The number of fused-ring (bicyclic) bond motifs is 1. The van der Waals surface area contributed by atoms with Gasteiger partial charge in [-0.2, -0.15) is 0 Å². The van der Waals surface area contributed by atoms with Gasteiger partial charge in [0.25, 0.3) is 5.56 Å². The minimum atomic E-state index is -0.110. The van der Waals surface area contributed by atoms with E-state index in [0.717, 1.165) is 11.4 Å². The molecule has 2 aromatic rings. The number of aryl methyl sites for hydroxylation is 1. The maximum Gasteiger partial charge on any atom is 0.260 e. The lowest BCUT2D eigenvalue weighted by Crippen LogP contribution is -2.17. The Balaban J connectivity index is 2.02. The lowest BCUT2D eigenvalue weighted by molar-refractivity contribution is -0.115. The Kier molecular flexibility index (Phi) is 2.56. The summed E-state index contributed by atoms with van der Waals surface area (Å²) in [5.41, 5.74) is 2.11. The molecule has 96 valence electrons. The van der Waals surface area contributed by atoms with E-state index in [2.05, 4.69) is 15.6 Å². The lowest BCUT2D eigenvalue weighted by atomic mass is 10.2. The summed E-state index contributed by atoms with van der Waals surface area (Å²) < 4.78 is 1.44. The SMILES string of the molecule is Cn1cnc2ccc(NC3=CC(=O)NC3)cc2c1=O. The maximum absolute atomic E-state index is 12.0. The average Bonchev–Trinajstić information content (AvgIpc) is 2.80. The van der Waals surface area contributed by atoms with Crippen LogP contribution in [0.1, 0.15) is 0 Å². The van der Waals surface area contributed by atoms with Crippen LogP contribution in [-0.2, 0) is 11.8 Å². The van der Waals surface area contributed by atoms with Crippen molar-refractivity contribution in [2.24, 2.45) is 7.05 Å². The molecule has 6 heteroatoms. The van der Waals surface area contributed by atoms with Crippen LogP contribution < -0.4 is 16.2 Å². The van der Waals surface area contributed by atoms with Gasteiger partial charge in [-0.15, -0.1) is 0 Å². The molecule has 0 bridgehead atoms. The minimum absolute atomic E-state index is 0.0942. The summed E-state index contributed by atoms with van der Waals surface area (Å²) in [6.07, 6.45) is 3.01. The molecule has 0 aliphatic carbocycles. The number of rotatable bonds is 2. The number of aromatic nitrogens is 2. The van der Waals surface area contributed by atoms with E-state index in [1.54, 1.807) is 19.2 Å². The van der Waals surface area contributed by atoms with Crippen molar-refractivity contribution in [3.8, 4) is 0 Å². The van der Waals surface area contributed by atoms with Crippen molar-refractivity contribution in [2.45, 2.75) is 0 Å². The fraction of sp³-hybridized carbons (Fsp3) is 0.154. The first-order valence-corrected chi connectivity index (χ1v) is 5.84. The predicted molar refractivity (Wildman–Crippen MR) is 71.7 cm³/mol. The van der Waals surface area contributed by atoms with Crippen LogP contribution in [0.2, 0.25) is 0 Å². The standard InChI is InChI=1S/C13H12N4O2/c1-17-7-15-11-3-2-8(4-10(11)13(17)19)16-9-5-12(18)14-6-9/h2-5,7,16H,6H2,1H3,(H,14,18). The molecule has 1 aromatic heterocycles. The molecule has 19 heavy (non-hydrogen) atoms. The second-order valence-corrected chi connectivity index (χ2v) is 4.40. The van der Waals surface area contributed by atoms with E-state index in [0.29, 0.717) is 17.4 Å². The Morgan fingerprint density at radius 2 is 2.21 bits per heavy atom. The monoisotopic (exact) mass is 256 g/mol. The van der Waals surface area contributed by atoms with Crippen molar-refractivity contribution in [3.63, 3.8) is 0 Å². The molecule has 1 aliphatic heterocycles. The fourth-order valence-corrected chi connectivity index (χ4v) is 2.00. The fourth-order valence-electron chi connectivity index (χ4n) is 2.00. The van der Waals surface area contributed by atoms with Crippen LogP contribution >= 0.6 is 0 Å². The van der Waals surface area contributed by atoms with Crippen LogP contribution in [0, 0.1) is 0 Å². The van der Waals surface area contributed by atoms with E-state index >= 15 is 0 Å². The zero-order valence-corrected chi connectivity index (χ0v) is 10.3. The molecular weight excluding hydrogens is 244 g/mol. The van der Waals surface area contributed by atoms with E-state index < -0.39 is 0 Å². The maximum atomic E-state index is 12.0. The molecule has 2 N–H and O–H groups in total. The normalized spacial score (nSPS) is 14.4. The summed E-state index contributed by atoms with van der Waals surface area (Å²) in [5.74, 6) is -0.110. The first-order chi connectivity index (χ1) is 9.13. The topological polar surface area (TPSA) is 76.0 Å². The van der Waals surface area contributed by atoms with Crippen molar-refractivity contribution in [1.82, 2.24) is 14.9 Å². The van der Waals surface area contributed by atoms with Crippen molar-refractivity contribution >= 4 is 22.5 Å². The van der Waals surface area contributed by atoms with Gasteiger partial charge in [0.1, 0.15) is 0 Å². The smallest absolute Gasteiger partial charge is 0.260 e. The van der Waals surface area contributed by atoms with E-state index in [4.69, 9.17) is 0 Å². The Morgan fingerprint density at radius 1 is 1.37 bits per heavy atom. The second kappa shape index (κ2) is 4.24. The highest BCUT2D eigenvalue weighted by atomic mass is 16.1. The minimum Gasteiger partial charge on any atom is -0.357 e. The van der Waals surface area contributed by atoms with Gasteiger partial charge in [0.2, 0.25) is 5.91 Å². The largest absolute Gasteiger partial charge is 0.357 e. The zero-order valence-electron chi connectivity index (χ0n) is 10.3. The quantitative estimate of drug-likeness (QED) is 0.813. The molecule has 0 atom stereocenters. The van der Waals surface area contributed by atoms with Gasteiger partial charge in [-0.1, -0.05) is 0 Å². The number of anilines is 1. The number of carbonyl (C=O) groups excluding carboxylic acids is 1. The molecule has 2 heterocycles. The molecule has 6 nitrogen and oxygen atoms in total. The van der Waals surface area contributed by atoms with Gasteiger partial charge < -0.3 is 15.2 Å². The summed E-state index contributed by atoms with van der Waals surface area (Å²) in [4.78, 5) is 27.2. The molecule has 1 amide bonds. The number of hydrogen-bond donors (Lipinski definition) is 2. The van der Waals surface area contributed by atoms with Crippen LogP contribution in [0.5, 0.6) is 0 Å². The summed E-state index contributed by atoms with van der Waals surface area (Å²) >= 11 is 0. The molecular formula is C13H12N4O2. The van der Waals surface area contributed by atoms with Crippen molar-refractivity contribution < 1.29 is 4.79 Å². The summed E-state index contributed by atoms with van der Waals surface area (Å²) in [6.45, 7) is 0.474. The van der Waals surface area contributed by atoms with E-state index in [1.807, 2.05) is 6.07 Å². The van der Waals surface area contributed by atoms with Gasteiger partial charge >= 0.3 is 0 Å². The van der Waals surface area contributed by atoms with E-state index in [9.17, 15) is 9.59 Å². The van der Waals surface area contributed by atoms with Gasteiger partial charge in [-0.3, -0.25) is 9.59 Å². The first-order valence-electron chi connectivity index (χ1n) is 5.84. The van der Waals surface area contributed by atoms with Crippen LogP contribution in [0.4, 0.5) is 5.69 Å². The van der Waals surface area contributed by atoms with Crippen molar-refractivity contribution in [1.29, 1.82) is 0 Å². The third-order valence-corrected chi connectivity index (χ3v) is 2.98. The Morgan fingerprint density at radius 3 is 2.95 bits per heavy atom. The molecule has 0 spiro atoms. The average molecular weight is 256 g/mol. The number of amides is 1. The molecule has 0 fully saturated rings. The third-order valence-electron chi connectivity index (χ3n) is 2.98. The first kappa shape index (κ1) is 11.5. The predicted octanol–water partition coefficient (Wildman–Crippen LogP) is 0.359. The lowest BCUT2D eigenvalue weighted by Gasteiger charge is -2.07. The molecule has 0 radical (unpaired) electrons. The van der Waals surface area contributed by atoms with Crippen LogP contribution in [0.25, 0.3) is 10.9 Å². The Labute approximate surface area is 108 Å². The van der Waals surface area contributed by atoms with Crippen molar-refractivity contribution in [2.75, 3.05) is 11.9 Å². The van der Waals surface area contributed by atoms with Gasteiger partial charge in [-0.05, 0) is 18.2 Å². The zero-order chi connectivity index (χ0) is 13.4. The molecule has 1 aliphatic rings. The number of nitrogens with zero attached hydrogens (tertiary/aromatic N) is 2. The summed E-state index contributed by atoms with van der Waals surface area (Å²) in [5, 5.41) is 6.34. The van der Waals surface area contributed by atoms with Gasteiger partial charge in [0.05, 0.1) is 23.8 Å². The van der Waals surface area contributed by atoms with Gasteiger partial charge in [0, 0.05) is 24.5 Å². The molecule has 1 aromatic carbocycles. The molecule has 3 rings (SSSR count). The van der Waals surface area contributed by atoms with E-state index in [1.165, 1.54) is 17.0 Å². The van der Waals surface area contributed by atoms with Crippen LogP contribution in [-0.4, -0.2) is 22.0 Å². The van der Waals surface area contributed by atoms with Gasteiger partial charge in [-0.25, -0.2) is 4.98 Å². The highest BCUT2D eigenvalue weighted by Crippen LogP contribution is 2.16. The number of hydrogen-bond acceptors (Lipinski definition) is 4. The third kappa shape index (κ3) is 2.08. The van der Waals surface area contributed by atoms with Gasteiger partial charge in [0.15, 0.2) is 0 Å². The molecule has 0 unspecified atom stereocenters. The highest BCUT2D eigenvalue weighted by Gasteiger charge is 2.11. The number of nitrogens with one attached hydrogen (secondary N) is 2. The van der Waals surface area contributed by atoms with Crippen LogP contribution in [0.3, 0.4) is 0 Å². The highest BCUT2D eigenvalue weighted by molar-refractivity contribution is 5.92. The number of carbonyl (C=O) groups is 1.